The minimum Gasteiger partial charge on any atom is -0.463 e. The smallest absolute Gasteiger partial charge is 0.343 e. The molecule has 2 rings (SSSR count). The molecule has 0 amide bonds. The average Bonchev–Trinajstić information content (AvgIpc) is 2.62. The number of carbonyl (C=O) groups is 3. The van der Waals surface area contributed by atoms with E-state index in [-0.39, 0.29) is 29.9 Å². The van der Waals surface area contributed by atoms with Crippen LogP contribution in [0.4, 0.5) is 0 Å². The minimum absolute atomic E-state index is 0.0377. The van der Waals surface area contributed by atoms with Gasteiger partial charge in [0.25, 0.3) is 0 Å². The molecule has 6 heteroatoms. The fourth-order valence-corrected chi connectivity index (χ4v) is 2.25. The Kier molecular flexibility index (Phi) is 6.69. The lowest BCUT2D eigenvalue weighted by molar-refractivity contribution is -0.138. The number of hydrogen-bond donors (Lipinski definition) is 0. The van der Waals surface area contributed by atoms with Crippen molar-refractivity contribution in [3.8, 4) is 5.75 Å². The summed E-state index contributed by atoms with van der Waals surface area (Å²) in [5.41, 5.74) is 0.517. The Labute approximate surface area is 156 Å². The second-order valence-electron chi connectivity index (χ2n) is 5.32. The number of ether oxygens (including phenoxy) is 2. The van der Waals surface area contributed by atoms with Crippen LogP contribution < -0.4 is 4.74 Å². The molecule has 0 aliphatic heterocycles. The molecule has 0 radical (unpaired) electrons. The van der Waals surface area contributed by atoms with Gasteiger partial charge in [-0.25, -0.2) is 9.59 Å². The van der Waals surface area contributed by atoms with Crippen LogP contribution in [0.2, 0.25) is 5.02 Å². The molecule has 0 aliphatic carbocycles. The zero-order chi connectivity index (χ0) is 19.1. The highest BCUT2D eigenvalue weighted by Crippen LogP contribution is 2.23. The van der Waals surface area contributed by atoms with E-state index >= 15 is 0 Å². The number of Topliss-reactive ketones (excluding diaryl/α,β-unsaturated/α-hetero) is 1. The molecule has 0 aromatic heterocycles. The Balaban J connectivity index is 2.15. The van der Waals surface area contributed by atoms with Gasteiger partial charge in [-0.15, -0.1) is 0 Å². The van der Waals surface area contributed by atoms with Crippen LogP contribution in [0.1, 0.15) is 34.1 Å². The summed E-state index contributed by atoms with van der Waals surface area (Å²) in [6, 6.07) is 12.5. The number of benzene rings is 2. The van der Waals surface area contributed by atoms with Crippen LogP contribution in [-0.4, -0.2) is 24.3 Å². The van der Waals surface area contributed by atoms with Crippen LogP contribution in [-0.2, 0) is 9.53 Å². The van der Waals surface area contributed by atoms with Crippen molar-refractivity contribution in [1.82, 2.24) is 0 Å². The van der Waals surface area contributed by atoms with Gasteiger partial charge < -0.3 is 9.47 Å². The molecule has 0 atom stereocenters. The number of hydrogen-bond acceptors (Lipinski definition) is 5. The first-order valence-electron chi connectivity index (χ1n) is 7.87. The molecule has 2 aromatic carbocycles. The number of ketones is 1. The van der Waals surface area contributed by atoms with Gasteiger partial charge >= 0.3 is 11.9 Å². The topological polar surface area (TPSA) is 69.7 Å². The molecule has 0 unspecified atom stereocenters. The molecule has 0 saturated heterocycles. The van der Waals surface area contributed by atoms with Gasteiger partial charge in [0.1, 0.15) is 5.75 Å². The fourth-order valence-electron chi connectivity index (χ4n) is 2.13. The van der Waals surface area contributed by atoms with E-state index in [9.17, 15) is 14.4 Å². The van der Waals surface area contributed by atoms with Crippen LogP contribution in [0.15, 0.2) is 60.7 Å². The largest absolute Gasteiger partial charge is 0.463 e. The zero-order valence-corrected chi connectivity index (χ0v) is 14.9. The lowest BCUT2D eigenvalue weighted by atomic mass is 10.0. The second kappa shape index (κ2) is 8.97. The van der Waals surface area contributed by atoms with Crippen molar-refractivity contribution in [2.75, 3.05) is 6.61 Å². The monoisotopic (exact) mass is 372 g/mol. The average molecular weight is 373 g/mol. The highest BCUT2D eigenvalue weighted by molar-refractivity contribution is 6.30. The van der Waals surface area contributed by atoms with Crippen molar-refractivity contribution in [3.05, 3.63) is 76.8 Å². The number of rotatable bonds is 7. The van der Waals surface area contributed by atoms with E-state index in [1.807, 2.05) is 0 Å². The van der Waals surface area contributed by atoms with Crippen LogP contribution in [0, 0.1) is 0 Å². The third-order valence-corrected chi connectivity index (χ3v) is 3.66. The van der Waals surface area contributed by atoms with E-state index in [0.717, 1.165) is 0 Å². The summed E-state index contributed by atoms with van der Waals surface area (Å²) in [5.74, 6) is -1.54. The quantitative estimate of drug-likeness (QED) is 0.314. The predicted molar refractivity (Wildman–Crippen MR) is 97.6 cm³/mol. The number of carbonyl (C=O) groups excluding carboxylic acids is 3. The van der Waals surface area contributed by atoms with Crippen molar-refractivity contribution in [2.24, 2.45) is 0 Å². The molecule has 5 nitrogen and oxygen atoms in total. The van der Waals surface area contributed by atoms with Gasteiger partial charge in [0.2, 0.25) is 0 Å². The van der Waals surface area contributed by atoms with Crippen LogP contribution in [0.25, 0.3) is 0 Å². The number of esters is 2. The van der Waals surface area contributed by atoms with Crippen molar-refractivity contribution < 1.29 is 23.9 Å². The molecule has 0 aliphatic rings. The minimum atomic E-state index is -0.628. The molecular formula is C20H17ClO5. The maximum atomic E-state index is 12.5. The van der Waals surface area contributed by atoms with Crippen LogP contribution >= 0.6 is 11.6 Å². The Morgan fingerprint density at radius 3 is 2.35 bits per heavy atom. The summed E-state index contributed by atoms with van der Waals surface area (Å²) >= 11 is 5.80. The van der Waals surface area contributed by atoms with Crippen molar-refractivity contribution in [1.29, 1.82) is 0 Å². The summed E-state index contributed by atoms with van der Waals surface area (Å²) in [7, 11) is 0. The first kappa shape index (κ1) is 19.4. The van der Waals surface area contributed by atoms with Gasteiger partial charge in [-0.3, -0.25) is 4.79 Å². The van der Waals surface area contributed by atoms with Crippen molar-refractivity contribution in [2.45, 2.75) is 13.3 Å². The summed E-state index contributed by atoms with van der Waals surface area (Å²) in [4.78, 5) is 36.3. The summed E-state index contributed by atoms with van der Waals surface area (Å²) in [5, 5.41) is 0.495. The zero-order valence-electron chi connectivity index (χ0n) is 14.2. The molecule has 0 bridgehead atoms. The Hall–Kier alpha value is -2.92. The molecule has 2 aromatic rings. The van der Waals surface area contributed by atoms with Gasteiger partial charge in [-0.05, 0) is 43.3 Å². The Morgan fingerprint density at radius 1 is 1.04 bits per heavy atom. The van der Waals surface area contributed by atoms with E-state index in [0.29, 0.717) is 10.6 Å². The molecular weight excluding hydrogens is 356 g/mol. The van der Waals surface area contributed by atoms with Crippen LogP contribution in [0.3, 0.4) is 0 Å². The van der Waals surface area contributed by atoms with E-state index in [1.54, 1.807) is 31.2 Å². The molecule has 26 heavy (non-hydrogen) atoms. The maximum absolute atomic E-state index is 12.5. The third kappa shape index (κ3) is 5.04. The Morgan fingerprint density at radius 2 is 1.69 bits per heavy atom. The van der Waals surface area contributed by atoms with Gasteiger partial charge in [0.15, 0.2) is 5.78 Å². The molecule has 0 fully saturated rings. The normalized spacial score (nSPS) is 10.1. The summed E-state index contributed by atoms with van der Waals surface area (Å²) in [6.45, 7) is 5.43. The molecule has 0 spiro atoms. The highest BCUT2D eigenvalue weighted by atomic mass is 35.5. The first-order valence-corrected chi connectivity index (χ1v) is 8.25. The molecule has 0 saturated carbocycles. The number of halogens is 1. The standard InChI is InChI=1S/C20H17ClO5/c1-3-25-19(23)13(2)12-17(22)16-6-4-5-7-18(16)26-20(24)14-8-10-15(21)11-9-14/h4-11H,2-3,12H2,1H3. The van der Waals surface area contributed by atoms with E-state index < -0.39 is 17.7 Å². The predicted octanol–water partition coefficient (Wildman–Crippen LogP) is 4.25. The molecule has 0 heterocycles. The van der Waals surface area contributed by atoms with Gasteiger partial charge in [-0.2, -0.15) is 0 Å². The lowest BCUT2D eigenvalue weighted by Gasteiger charge is -2.10. The van der Waals surface area contributed by atoms with E-state index in [2.05, 4.69) is 6.58 Å². The SMILES string of the molecule is C=C(CC(=O)c1ccccc1OC(=O)c1ccc(Cl)cc1)C(=O)OCC. The first-order chi connectivity index (χ1) is 12.4. The van der Waals surface area contributed by atoms with Crippen LogP contribution in [0.5, 0.6) is 5.75 Å². The lowest BCUT2D eigenvalue weighted by Crippen LogP contribution is -2.14. The van der Waals surface area contributed by atoms with E-state index in [1.165, 1.54) is 24.3 Å². The van der Waals surface area contributed by atoms with Gasteiger partial charge in [-0.1, -0.05) is 30.3 Å². The fraction of sp³-hybridized carbons (Fsp3) is 0.150. The molecule has 0 N–H and O–H groups in total. The van der Waals surface area contributed by atoms with Gasteiger partial charge in [0.05, 0.1) is 17.7 Å². The summed E-state index contributed by atoms with van der Waals surface area (Å²) in [6.07, 6.45) is -0.228. The highest BCUT2D eigenvalue weighted by Gasteiger charge is 2.19. The number of para-hydroxylation sites is 1. The van der Waals surface area contributed by atoms with Crippen molar-refractivity contribution >= 4 is 29.3 Å². The Bertz CT molecular complexity index is 840. The van der Waals surface area contributed by atoms with E-state index in [4.69, 9.17) is 21.1 Å². The third-order valence-electron chi connectivity index (χ3n) is 3.41. The molecule has 134 valence electrons. The summed E-state index contributed by atoms with van der Waals surface area (Å²) < 4.78 is 10.1. The maximum Gasteiger partial charge on any atom is 0.343 e. The van der Waals surface area contributed by atoms with Gasteiger partial charge in [0, 0.05) is 17.0 Å². The second-order valence-corrected chi connectivity index (χ2v) is 5.75. The van der Waals surface area contributed by atoms with Crippen molar-refractivity contribution in [3.63, 3.8) is 0 Å².